The second kappa shape index (κ2) is 4.22. The van der Waals surface area contributed by atoms with Crippen molar-refractivity contribution in [3.8, 4) is 17.3 Å². The van der Waals surface area contributed by atoms with Crippen LogP contribution in [0.25, 0.3) is 11.3 Å². The largest absolute Gasteiger partial charge is 0.459 e. The fourth-order valence-corrected chi connectivity index (χ4v) is 1.66. The van der Waals surface area contributed by atoms with Gasteiger partial charge in [0, 0.05) is 24.7 Å². The Morgan fingerprint density at radius 3 is 2.53 bits per heavy atom. The summed E-state index contributed by atoms with van der Waals surface area (Å²) in [5, 5.41) is 3.12. The highest BCUT2D eigenvalue weighted by atomic mass is 19.1. The molecule has 2 aromatic rings. The van der Waals surface area contributed by atoms with Crippen LogP contribution in [0.15, 0.2) is 40.8 Å². The summed E-state index contributed by atoms with van der Waals surface area (Å²) in [7, 11) is 0. The highest BCUT2D eigenvalue weighted by Gasteiger charge is 2.19. The van der Waals surface area contributed by atoms with Crippen molar-refractivity contribution >= 4 is 0 Å². The Hall–Kier alpha value is -1.81. The van der Waals surface area contributed by atoms with Gasteiger partial charge in [0.25, 0.3) is 5.95 Å². The second-order valence-electron chi connectivity index (χ2n) is 4.02. The van der Waals surface area contributed by atoms with Gasteiger partial charge in [0.15, 0.2) is 0 Å². The molecule has 0 saturated carbocycles. The average molecular weight is 233 g/mol. The Bertz CT molecular complexity index is 502. The van der Waals surface area contributed by atoms with Gasteiger partial charge in [-0.15, -0.1) is 0 Å². The van der Waals surface area contributed by atoms with E-state index in [0.29, 0.717) is 11.7 Å². The van der Waals surface area contributed by atoms with Crippen LogP contribution in [0, 0.1) is 5.82 Å². The Kier molecular flexibility index (Phi) is 2.57. The van der Waals surface area contributed by atoms with Crippen molar-refractivity contribution < 1.29 is 13.5 Å². The van der Waals surface area contributed by atoms with E-state index in [1.165, 1.54) is 12.1 Å². The Morgan fingerprint density at radius 2 is 1.88 bits per heavy atom. The van der Waals surface area contributed by atoms with Crippen LogP contribution in [0.1, 0.15) is 0 Å². The van der Waals surface area contributed by atoms with Gasteiger partial charge in [-0.05, 0) is 30.3 Å². The van der Waals surface area contributed by atoms with Gasteiger partial charge in [-0.2, -0.15) is 0 Å². The van der Waals surface area contributed by atoms with Gasteiger partial charge in [-0.1, -0.05) is 0 Å². The maximum absolute atomic E-state index is 12.8. The van der Waals surface area contributed by atoms with Crippen molar-refractivity contribution in [2.45, 2.75) is 6.10 Å². The van der Waals surface area contributed by atoms with Crippen molar-refractivity contribution in [2.24, 2.45) is 0 Å². The van der Waals surface area contributed by atoms with Crippen LogP contribution >= 0.6 is 0 Å². The number of rotatable bonds is 3. The van der Waals surface area contributed by atoms with Crippen molar-refractivity contribution in [3.63, 3.8) is 0 Å². The zero-order valence-electron chi connectivity index (χ0n) is 9.15. The summed E-state index contributed by atoms with van der Waals surface area (Å²) in [6, 6.07) is 9.81. The van der Waals surface area contributed by atoms with Gasteiger partial charge in [-0.25, -0.2) is 4.39 Å². The molecule has 1 fully saturated rings. The normalized spacial score (nSPS) is 15.6. The van der Waals surface area contributed by atoms with E-state index in [2.05, 4.69) is 5.32 Å². The minimum absolute atomic E-state index is 0.196. The number of hydrogen-bond donors (Lipinski definition) is 1. The topological polar surface area (TPSA) is 34.4 Å². The van der Waals surface area contributed by atoms with E-state index < -0.39 is 0 Å². The number of halogens is 1. The molecular formula is C13H12FNO2. The predicted octanol–water partition coefficient (Wildman–Crippen LogP) is 2.44. The molecule has 1 aromatic carbocycles. The van der Waals surface area contributed by atoms with Crippen molar-refractivity contribution in [1.29, 1.82) is 0 Å². The average Bonchev–Trinajstić information content (AvgIpc) is 2.73. The maximum atomic E-state index is 12.8. The van der Waals surface area contributed by atoms with Gasteiger partial charge in [0.05, 0.1) is 0 Å². The Balaban J connectivity index is 1.76. The van der Waals surface area contributed by atoms with Crippen LogP contribution in [-0.2, 0) is 0 Å². The zero-order valence-corrected chi connectivity index (χ0v) is 9.15. The standard InChI is InChI=1S/C13H12FNO2/c14-10-3-1-9(2-4-10)12-5-6-13(17-12)16-11-7-15-8-11/h1-6,11,15H,7-8H2. The molecule has 0 unspecified atom stereocenters. The first-order valence-electron chi connectivity index (χ1n) is 5.54. The summed E-state index contributed by atoms with van der Waals surface area (Å²) in [6.45, 7) is 1.71. The summed E-state index contributed by atoms with van der Waals surface area (Å²) in [5.74, 6) is 0.945. The van der Waals surface area contributed by atoms with Gasteiger partial charge < -0.3 is 14.5 Å². The molecular weight excluding hydrogens is 221 g/mol. The van der Waals surface area contributed by atoms with Gasteiger partial charge in [-0.3, -0.25) is 0 Å². The van der Waals surface area contributed by atoms with Crippen LogP contribution in [-0.4, -0.2) is 19.2 Å². The fraction of sp³-hybridized carbons (Fsp3) is 0.231. The third kappa shape index (κ3) is 2.17. The summed E-state index contributed by atoms with van der Waals surface area (Å²) in [6.07, 6.45) is 0.196. The van der Waals surface area contributed by atoms with Crippen molar-refractivity contribution in [3.05, 3.63) is 42.2 Å². The van der Waals surface area contributed by atoms with Crippen LogP contribution in [0.2, 0.25) is 0 Å². The third-order valence-electron chi connectivity index (χ3n) is 2.74. The minimum atomic E-state index is -0.252. The molecule has 2 heterocycles. The number of nitrogens with one attached hydrogen (secondary N) is 1. The summed E-state index contributed by atoms with van der Waals surface area (Å²) in [4.78, 5) is 0. The first-order chi connectivity index (χ1) is 8.31. The van der Waals surface area contributed by atoms with Gasteiger partial charge in [0.1, 0.15) is 17.7 Å². The molecule has 0 aliphatic carbocycles. The number of benzene rings is 1. The number of furan rings is 1. The van der Waals surface area contributed by atoms with Crippen LogP contribution in [0.4, 0.5) is 4.39 Å². The van der Waals surface area contributed by atoms with Crippen LogP contribution < -0.4 is 10.1 Å². The lowest BCUT2D eigenvalue weighted by atomic mass is 10.2. The van der Waals surface area contributed by atoms with Gasteiger partial charge in [0.2, 0.25) is 0 Å². The molecule has 1 saturated heterocycles. The minimum Gasteiger partial charge on any atom is -0.459 e. The molecule has 0 amide bonds. The maximum Gasteiger partial charge on any atom is 0.285 e. The van der Waals surface area contributed by atoms with E-state index >= 15 is 0 Å². The summed E-state index contributed by atoms with van der Waals surface area (Å²) >= 11 is 0. The SMILES string of the molecule is Fc1ccc(-c2ccc(OC3CNC3)o2)cc1. The Labute approximate surface area is 98.2 Å². The third-order valence-corrected chi connectivity index (χ3v) is 2.74. The molecule has 17 heavy (non-hydrogen) atoms. The lowest BCUT2D eigenvalue weighted by Crippen LogP contribution is -2.50. The summed E-state index contributed by atoms with van der Waals surface area (Å²) < 4.78 is 23.9. The van der Waals surface area contributed by atoms with E-state index in [1.807, 2.05) is 6.07 Å². The van der Waals surface area contributed by atoms with E-state index in [4.69, 9.17) is 9.15 Å². The van der Waals surface area contributed by atoms with Gasteiger partial charge >= 0.3 is 0 Å². The smallest absolute Gasteiger partial charge is 0.285 e. The molecule has 4 heteroatoms. The Morgan fingerprint density at radius 1 is 1.12 bits per heavy atom. The molecule has 1 aromatic heterocycles. The molecule has 3 rings (SSSR count). The molecule has 1 N–H and O–H groups in total. The van der Waals surface area contributed by atoms with Crippen LogP contribution in [0.5, 0.6) is 5.95 Å². The quantitative estimate of drug-likeness (QED) is 0.884. The van der Waals surface area contributed by atoms with E-state index in [0.717, 1.165) is 18.7 Å². The first kappa shape index (κ1) is 10.4. The molecule has 0 spiro atoms. The summed E-state index contributed by atoms with van der Waals surface area (Å²) in [5.41, 5.74) is 0.841. The zero-order chi connectivity index (χ0) is 11.7. The lowest BCUT2D eigenvalue weighted by Gasteiger charge is -2.26. The fourth-order valence-electron chi connectivity index (χ4n) is 1.66. The predicted molar refractivity (Wildman–Crippen MR) is 61.4 cm³/mol. The molecule has 1 aliphatic rings. The van der Waals surface area contributed by atoms with Crippen molar-refractivity contribution in [2.75, 3.05) is 13.1 Å². The van der Waals surface area contributed by atoms with E-state index in [9.17, 15) is 4.39 Å². The highest BCUT2D eigenvalue weighted by Crippen LogP contribution is 2.27. The molecule has 0 atom stereocenters. The number of hydrogen-bond acceptors (Lipinski definition) is 3. The molecule has 88 valence electrons. The molecule has 0 bridgehead atoms. The first-order valence-corrected chi connectivity index (χ1v) is 5.54. The number of ether oxygens (including phenoxy) is 1. The van der Waals surface area contributed by atoms with E-state index in [1.54, 1.807) is 18.2 Å². The second-order valence-corrected chi connectivity index (χ2v) is 4.02. The highest BCUT2D eigenvalue weighted by molar-refractivity contribution is 5.57. The lowest BCUT2D eigenvalue weighted by molar-refractivity contribution is 0.110. The molecule has 1 aliphatic heterocycles. The molecule has 0 radical (unpaired) electrons. The monoisotopic (exact) mass is 233 g/mol. The molecule has 3 nitrogen and oxygen atoms in total. The van der Waals surface area contributed by atoms with Crippen LogP contribution in [0.3, 0.4) is 0 Å². The van der Waals surface area contributed by atoms with E-state index in [-0.39, 0.29) is 11.9 Å². The van der Waals surface area contributed by atoms with Crippen molar-refractivity contribution in [1.82, 2.24) is 5.32 Å².